The number of aromatic nitrogens is 4. The van der Waals surface area contributed by atoms with Crippen LogP contribution in [0.25, 0.3) is 16.2 Å². The Morgan fingerprint density at radius 1 is 1.07 bits per heavy atom. The molecule has 5 rings (SSSR count). The molecule has 150 valence electrons. The maximum absolute atomic E-state index is 4.73. The van der Waals surface area contributed by atoms with Crippen LogP contribution in [0.15, 0.2) is 48.2 Å². The van der Waals surface area contributed by atoms with E-state index in [2.05, 4.69) is 56.7 Å². The first-order chi connectivity index (χ1) is 14.3. The third-order valence-corrected chi connectivity index (χ3v) is 6.70. The van der Waals surface area contributed by atoms with Gasteiger partial charge in [0, 0.05) is 55.2 Å². The summed E-state index contributed by atoms with van der Waals surface area (Å²) in [6.07, 6.45) is 13.1. The maximum atomic E-state index is 4.73. The quantitative estimate of drug-likeness (QED) is 0.483. The molecule has 6 heteroatoms. The first kappa shape index (κ1) is 18.6. The van der Waals surface area contributed by atoms with Crippen LogP contribution < -0.4 is 5.32 Å². The number of nitrogens with one attached hydrogen (secondary N) is 1. The third-order valence-electron chi connectivity index (χ3n) is 5.93. The normalized spacial score (nSPS) is 15.3. The molecule has 29 heavy (non-hydrogen) atoms. The Labute approximate surface area is 175 Å². The van der Waals surface area contributed by atoms with Crippen molar-refractivity contribution in [1.82, 2.24) is 24.5 Å². The van der Waals surface area contributed by atoms with Gasteiger partial charge in [-0.05, 0) is 24.3 Å². The Bertz CT molecular complexity index is 1050. The molecule has 1 aliphatic rings. The largest absolute Gasteiger partial charge is 0.307 e. The summed E-state index contributed by atoms with van der Waals surface area (Å²) in [5.41, 5.74) is 6.05. The molecule has 0 saturated heterocycles. The van der Waals surface area contributed by atoms with Crippen molar-refractivity contribution in [2.45, 2.75) is 51.1 Å². The minimum absolute atomic E-state index is 0.743. The van der Waals surface area contributed by atoms with Gasteiger partial charge in [0.25, 0.3) is 0 Å². The van der Waals surface area contributed by atoms with Crippen LogP contribution in [0.4, 0.5) is 0 Å². The predicted molar refractivity (Wildman–Crippen MR) is 118 cm³/mol. The van der Waals surface area contributed by atoms with Crippen molar-refractivity contribution in [2.24, 2.45) is 7.05 Å². The van der Waals surface area contributed by atoms with E-state index in [1.54, 1.807) is 11.3 Å². The second-order valence-corrected chi connectivity index (χ2v) is 8.94. The van der Waals surface area contributed by atoms with Gasteiger partial charge in [0.15, 0.2) is 4.96 Å². The monoisotopic (exact) mass is 405 g/mol. The summed E-state index contributed by atoms with van der Waals surface area (Å²) in [5, 5.41) is 10.3. The van der Waals surface area contributed by atoms with Crippen LogP contribution in [0.2, 0.25) is 0 Å². The Kier molecular flexibility index (Phi) is 5.21. The molecule has 4 aromatic rings. The van der Waals surface area contributed by atoms with E-state index in [1.165, 1.54) is 48.8 Å². The van der Waals surface area contributed by atoms with Gasteiger partial charge in [0.1, 0.15) is 0 Å². The highest BCUT2D eigenvalue weighted by molar-refractivity contribution is 7.15. The van der Waals surface area contributed by atoms with E-state index in [9.17, 15) is 0 Å². The van der Waals surface area contributed by atoms with Crippen molar-refractivity contribution in [3.63, 3.8) is 0 Å². The zero-order chi connectivity index (χ0) is 19.6. The number of fused-ring (bicyclic) bond motifs is 1. The lowest BCUT2D eigenvalue weighted by molar-refractivity contribution is 0.443. The molecule has 0 aliphatic heterocycles. The number of hydrogen-bond donors (Lipinski definition) is 1. The average molecular weight is 406 g/mol. The molecule has 0 radical (unpaired) electrons. The summed E-state index contributed by atoms with van der Waals surface area (Å²) in [7, 11) is 1.99. The van der Waals surface area contributed by atoms with Crippen LogP contribution in [0.5, 0.6) is 0 Å². The Balaban J connectivity index is 1.27. The van der Waals surface area contributed by atoms with E-state index in [0.29, 0.717) is 0 Å². The fourth-order valence-electron chi connectivity index (χ4n) is 4.45. The number of benzene rings is 1. The second-order valence-electron chi connectivity index (χ2n) is 8.06. The van der Waals surface area contributed by atoms with Crippen LogP contribution in [0, 0.1) is 0 Å². The molecule has 0 atom stereocenters. The first-order valence-corrected chi connectivity index (χ1v) is 11.4. The number of rotatable bonds is 6. The number of thiazole rings is 1. The van der Waals surface area contributed by atoms with Crippen LogP contribution >= 0.6 is 11.3 Å². The molecule has 0 unspecified atom stereocenters. The van der Waals surface area contributed by atoms with E-state index in [4.69, 9.17) is 5.10 Å². The molecule has 0 amide bonds. The van der Waals surface area contributed by atoms with Crippen molar-refractivity contribution in [2.75, 3.05) is 0 Å². The van der Waals surface area contributed by atoms with Gasteiger partial charge in [-0.15, -0.1) is 11.3 Å². The molecule has 3 heterocycles. The van der Waals surface area contributed by atoms with Crippen LogP contribution in [-0.4, -0.2) is 19.2 Å². The van der Waals surface area contributed by atoms with E-state index in [0.717, 1.165) is 35.4 Å². The van der Waals surface area contributed by atoms with Gasteiger partial charge in [-0.2, -0.15) is 5.10 Å². The first-order valence-electron chi connectivity index (χ1n) is 10.5. The highest BCUT2D eigenvalue weighted by Gasteiger charge is 2.16. The maximum Gasteiger partial charge on any atom is 0.193 e. The van der Waals surface area contributed by atoms with Gasteiger partial charge in [-0.1, -0.05) is 43.5 Å². The van der Waals surface area contributed by atoms with Gasteiger partial charge in [0.05, 0.1) is 11.4 Å². The van der Waals surface area contributed by atoms with E-state index >= 15 is 0 Å². The zero-order valence-corrected chi connectivity index (χ0v) is 17.7. The number of aryl methyl sites for hydroxylation is 1. The topological polar surface area (TPSA) is 47.2 Å². The Morgan fingerprint density at radius 2 is 1.90 bits per heavy atom. The lowest BCUT2D eigenvalue weighted by atomic mass is 9.84. The minimum Gasteiger partial charge on any atom is -0.307 e. The lowest BCUT2D eigenvalue weighted by Crippen LogP contribution is -2.13. The Morgan fingerprint density at radius 3 is 2.69 bits per heavy atom. The van der Waals surface area contributed by atoms with Crippen LogP contribution in [0.3, 0.4) is 0 Å². The third kappa shape index (κ3) is 4.00. The fraction of sp³-hybridized carbons (Fsp3) is 0.391. The lowest BCUT2D eigenvalue weighted by Gasteiger charge is -2.22. The summed E-state index contributed by atoms with van der Waals surface area (Å²) in [6, 6.07) is 9.13. The molecular weight excluding hydrogens is 378 g/mol. The van der Waals surface area contributed by atoms with Crippen molar-refractivity contribution in [3.05, 3.63) is 65.1 Å². The number of hydrogen-bond acceptors (Lipinski definition) is 4. The molecular formula is C23H27N5S. The van der Waals surface area contributed by atoms with Gasteiger partial charge in [0.2, 0.25) is 0 Å². The van der Waals surface area contributed by atoms with Gasteiger partial charge < -0.3 is 5.32 Å². The van der Waals surface area contributed by atoms with E-state index in [-0.39, 0.29) is 0 Å². The minimum atomic E-state index is 0.743. The zero-order valence-electron chi connectivity index (χ0n) is 16.8. The van der Waals surface area contributed by atoms with Crippen molar-refractivity contribution < 1.29 is 0 Å². The molecule has 0 bridgehead atoms. The second kappa shape index (κ2) is 8.13. The molecule has 3 aromatic heterocycles. The molecule has 1 N–H and O–H groups in total. The van der Waals surface area contributed by atoms with E-state index in [1.807, 2.05) is 17.9 Å². The highest BCUT2D eigenvalue weighted by atomic mass is 32.1. The molecule has 0 spiro atoms. The van der Waals surface area contributed by atoms with Crippen molar-refractivity contribution in [3.8, 4) is 11.3 Å². The summed E-state index contributed by atoms with van der Waals surface area (Å²) >= 11 is 1.66. The fourth-order valence-corrected chi connectivity index (χ4v) is 5.16. The number of imidazole rings is 1. The SMILES string of the molecule is Cn1cc(CNCc2cn3ccsc3n2)c(-c2ccc(C3CCCCC3)cc2)n1. The summed E-state index contributed by atoms with van der Waals surface area (Å²) < 4.78 is 3.99. The summed E-state index contributed by atoms with van der Waals surface area (Å²) in [4.78, 5) is 5.69. The standard InChI is InChI=1S/C23H27N5S/c1-27-15-20(13-24-14-21-16-28-11-12-29-23(28)25-21)22(26-27)19-9-7-18(8-10-19)17-5-3-2-4-6-17/h7-12,15-17,24H,2-6,13-14H2,1H3. The van der Waals surface area contributed by atoms with Crippen molar-refractivity contribution >= 4 is 16.3 Å². The van der Waals surface area contributed by atoms with Gasteiger partial charge >= 0.3 is 0 Å². The number of nitrogens with zero attached hydrogens (tertiary/aromatic N) is 4. The van der Waals surface area contributed by atoms with E-state index < -0.39 is 0 Å². The van der Waals surface area contributed by atoms with Gasteiger partial charge in [-0.3, -0.25) is 9.08 Å². The molecule has 1 fully saturated rings. The Hall–Kier alpha value is -2.44. The van der Waals surface area contributed by atoms with Crippen LogP contribution in [-0.2, 0) is 20.1 Å². The van der Waals surface area contributed by atoms with Crippen LogP contribution in [0.1, 0.15) is 54.8 Å². The van der Waals surface area contributed by atoms with Gasteiger partial charge in [-0.25, -0.2) is 4.98 Å². The molecule has 1 aliphatic carbocycles. The molecule has 1 saturated carbocycles. The predicted octanol–water partition coefficient (Wildman–Crippen LogP) is 5.13. The highest BCUT2D eigenvalue weighted by Crippen LogP contribution is 2.33. The summed E-state index contributed by atoms with van der Waals surface area (Å²) in [6.45, 7) is 1.53. The average Bonchev–Trinajstić information content (AvgIpc) is 3.44. The smallest absolute Gasteiger partial charge is 0.193 e. The van der Waals surface area contributed by atoms with Crippen molar-refractivity contribution in [1.29, 1.82) is 0 Å². The molecule has 1 aromatic carbocycles. The molecule has 5 nitrogen and oxygen atoms in total. The summed E-state index contributed by atoms with van der Waals surface area (Å²) in [5.74, 6) is 0.743.